The van der Waals surface area contributed by atoms with Crippen LogP contribution < -0.4 is 10.2 Å². The van der Waals surface area contributed by atoms with Crippen molar-refractivity contribution in [2.45, 2.75) is 57.2 Å². The van der Waals surface area contributed by atoms with Crippen LogP contribution in [0.25, 0.3) is 0 Å². The molecule has 2 atom stereocenters. The summed E-state index contributed by atoms with van der Waals surface area (Å²) < 4.78 is 2.51. The van der Waals surface area contributed by atoms with Crippen molar-refractivity contribution in [2.75, 3.05) is 4.90 Å². The zero-order valence-electron chi connectivity index (χ0n) is 17.4. The molecule has 1 saturated carbocycles. The van der Waals surface area contributed by atoms with Gasteiger partial charge in [0, 0.05) is 29.8 Å². The van der Waals surface area contributed by atoms with Gasteiger partial charge in [0.05, 0.1) is 11.7 Å². The van der Waals surface area contributed by atoms with Crippen molar-refractivity contribution in [2.24, 2.45) is 0 Å². The fourth-order valence-electron chi connectivity index (χ4n) is 4.99. The van der Waals surface area contributed by atoms with E-state index in [4.69, 9.17) is 12.2 Å². The fraction of sp³-hybridized carbons (Fsp3) is 0.360. The second-order valence-corrected chi connectivity index (χ2v) is 8.85. The van der Waals surface area contributed by atoms with Crippen LogP contribution in [0.1, 0.15) is 67.2 Å². The van der Waals surface area contributed by atoms with Crippen molar-refractivity contribution in [3.8, 4) is 0 Å². The molecule has 0 unspecified atom stereocenters. The number of hydrogen-bond donors (Lipinski definition) is 1. The molecule has 154 valence electrons. The van der Waals surface area contributed by atoms with Crippen molar-refractivity contribution in [3.05, 3.63) is 83.9 Å². The van der Waals surface area contributed by atoms with Gasteiger partial charge >= 0.3 is 0 Å². The fourth-order valence-corrected chi connectivity index (χ4v) is 5.33. The third-order valence-corrected chi connectivity index (χ3v) is 6.81. The van der Waals surface area contributed by atoms with Crippen LogP contribution in [0.15, 0.2) is 67.0 Å². The SMILES string of the molecule is Cc1ccc(N2C(=S)N[C@@H](c3ccccn3)[C@@H]2c2cccn2C2CCCCC2)cc1. The van der Waals surface area contributed by atoms with E-state index in [1.807, 2.05) is 12.3 Å². The lowest BCUT2D eigenvalue weighted by molar-refractivity contribution is 0.340. The third-order valence-electron chi connectivity index (χ3n) is 6.49. The Morgan fingerprint density at radius 1 is 0.967 bits per heavy atom. The van der Waals surface area contributed by atoms with Crippen LogP contribution in [0.4, 0.5) is 5.69 Å². The highest BCUT2D eigenvalue weighted by molar-refractivity contribution is 7.80. The second-order valence-electron chi connectivity index (χ2n) is 8.46. The number of hydrogen-bond acceptors (Lipinski definition) is 2. The Labute approximate surface area is 183 Å². The molecule has 0 amide bonds. The molecule has 1 aromatic carbocycles. The summed E-state index contributed by atoms with van der Waals surface area (Å²) in [7, 11) is 0. The lowest BCUT2D eigenvalue weighted by Crippen LogP contribution is -2.31. The number of nitrogens with one attached hydrogen (secondary N) is 1. The van der Waals surface area contributed by atoms with Gasteiger partial charge in [-0.2, -0.15) is 0 Å². The zero-order valence-corrected chi connectivity index (χ0v) is 18.2. The standard InChI is InChI=1S/C25H28N4S/c1-18-12-14-20(15-13-18)29-24(23(27-25(29)30)21-10-5-6-16-26-21)22-11-7-17-28(22)19-8-3-2-4-9-19/h5-7,10-17,19,23-24H,2-4,8-9H2,1H3,(H,27,30)/t23-,24-/m0/s1. The maximum Gasteiger partial charge on any atom is 0.174 e. The van der Waals surface area contributed by atoms with Crippen LogP contribution in [0.5, 0.6) is 0 Å². The molecule has 5 heteroatoms. The van der Waals surface area contributed by atoms with Gasteiger partial charge in [0.15, 0.2) is 5.11 Å². The van der Waals surface area contributed by atoms with Crippen LogP contribution in [0, 0.1) is 6.92 Å². The molecule has 4 nitrogen and oxygen atoms in total. The van der Waals surface area contributed by atoms with Crippen LogP contribution in [-0.4, -0.2) is 14.7 Å². The lowest BCUT2D eigenvalue weighted by Gasteiger charge is -2.32. The minimum atomic E-state index is 0.0113. The van der Waals surface area contributed by atoms with E-state index in [0.717, 1.165) is 16.5 Å². The monoisotopic (exact) mass is 416 g/mol. The molecule has 3 heterocycles. The number of nitrogens with zero attached hydrogens (tertiary/aromatic N) is 3. The number of thiocarbonyl (C=S) groups is 1. The first kappa shape index (κ1) is 19.3. The topological polar surface area (TPSA) is 33.1 Å². The molecule has 1 aliphatic carbocycles. The number of pyridine rings is 1. The van der Waals surface area contributed by atoms with Crippen LogP contribution in [0.3, 0.4) is 0 Å². The smallest absolute Gasteiger partial charge is 0.174 e. The van der Waals surface area contributed by atoms with E-state index in [-0.39, 0.29) is 12.1 Å². The van der Waals surface area contributed by atoms with Gasteiger partial charge in [-0.15, -0.1) is 0 Å². The van der Waals surface area contributed by atoms with Gasteiger partial charge in [-0.3, -0.25) is 4.98 Å². The van der Waals surface area contributed by atoms with Gasteiger partial charge < -0.3 is 14.8 Å². The van der Waals surface area contributed by atoms with Crippen molar-refractivity contribution in [3.63, 3.8) is 0 Å². The molecule has 0 radical (unpaired) electrons. The minimum Gasteiger partial charge on any atom is -0.351 e. The summed E-state index contributed by atoms with van der Waals surface area (Å²) in [5, 5.41) is 4.34. The van der Waals surface area contributed by atoms with Gasteiger partial charge in [-0.25, -0.2) is 0 Å². The van der Waals surface area contributed by atoms with Gasteiger partial charge in [0.25, 0.3) is 0 Å². The summed E-state index contributed by atoms with van der Waals surface area (Å²) in [5.41, 5.74) is 4.71. The largest absolute Gasteiger partial charge is 0.351 e. The minimum absolute atomic E-state index is 0.0113. The average Bonchev–Trinajstić information content (AvgIpc) is 3.40. The Bertz CT molecular complexity index is 1010. The zero-order chi connectivity index (χ0) is 20.5. The average molecular weight is 417 g/mol. The van der Waals surface area contributed by atoms with Crippen LogP contribution in [-0.2, 0) is 0 Å². The Morgan fingerprint density at radius 2 is 1.77 bits per heavy atom. The molecular weight excluding hydrogens is 388 g/mol. The Balaban J connectivity index is 1.61. The van der Waals surface area contributed by atoms with Crippen LogP contribution >= 0.6 is 12.2 Å². The molecule has 3 aromatic rings. The van der Waals surface area contributed by atoms with Crippen molar-refractivity contribution in [1.29, 1.82) is 0 Å². The molecule has 1 saturated heterocycles. The number of benzene rings is 1. The molecule has 1 N–H and O–H groups in total. The van der Waals surface area contributed by atoms with Crippen molar-refractivity contribution >= 4 is 23.0 Å². The molecule has 2 aromatic heterocycles. The Morgan fingerprint density at radius 3 is 2.50 bits per heavy atom. The van der Waals surface area contributed by atoms with Crippen molar-refractivity contribution < 1.29 is 0 Å². The number of aryl methyl sites for hydroxylation is 1. The van der Waals surface area contributed by atoms with Gasteiger partial charge in [0.2, 0.25) is 0 Å². The maximum atomic E-state index is 5.86. The van der Waals surface area contributed by atoms with E-state index in [1.165, 1.54) is 43.4 Å². The molecule has 30 heavy (non-hydrogen) atoms. The first-order valence-corrected chi connectivity index (χ1v) is 11.4. The molecular formula is C25H28N4S. The van der Waals surface area contributed by atoms with Gasteiger partial charge in [-0.1, -0.05) is 43.0 Å². The molecule has 0 bridgehead atoms. The molecule has 2 aliphatic rings. The Hall–Kier alpha value is -2.66. The van der Waals surface area contributed by atoms with E-state index >= 15 is 0 Å². The van der Waals surface area contributed by atoms with E-state index in [0.29, 0.717) is 6.04 Å². The lowest BCUT2D eigenvalue weighted by atomic mass is 9.94. The number of aromatic nitrogens is 2. The highest BCUT2D eigenvalue weighted by Crippen LogP contribution is 2.43. The molecule has 1 aliphatic heterocycles. The van der Waals surface area contributed by atoms with E-state index in [2.05, 4.69) is 81.4 Å². The normalized spacial score (nSPS) is 22.3. The summed E-state index contributed by atoms with van der Waals surface area (Å²) in [6, 6.07) is 19.9. The molecule has 5 rings (SSSR count). The van der Waals surface area contributed by atoms with Crippen LogP contribution in [0.2, 0.25) is 0 Å². The Kier molecular flexibility index (Phi) is 5.30. The number of anilines is 1. The van der Waals surface area contributed by atoms with Crippen molar-refractivity contribution in [1.82, 2.24) is 14.9 Å². The van der Waals surface area contributed by atoms with E-state index < -0.39 is 0 Å². The predicted molar refractivity (Wildman–Crippen MR) is 126 cm³/mol. The summed E-state index contributed by atoms with van der Waals surface area (Å²) in [6.07, 6.45) is 10.6. The summed E-state index contributed by atoms with van der Waals surface area (Å²) in [5.74, 6) is 0. The first-order chi connectivity index (χ1) is 14.7. The first-order valence-electron chi connectivity index (χ1n) is 11.0. The molecule has 0 spiro atoms. The maximum absolute atomic E-state index is 5.86. The highest BCUT2D eigenvalue weighted by Gasteiger charge is 2.42. The second kappa shape index (κ2) is 8.23. The summed E-state index contributed by atoms with van der Waals surface area (Å²) >= 11 is 5.86. The summed E-state index contributed by atoms with van der Waals surface area (Å²) in [6.45, 7) is 2.12. The van der Waals surface area contributed by atoms with Gasteiger partial charge in [0.1, 0.15) is 6.04 Å². The highest BCUT2D eigenvalue weighted by atomic mass is 32.1. The van der Waals surface area contributed by atoms with E-state index in [1.54, 1.807) is 0 Å². The quantitative estimate of drug-likeness (QED) is 0.539. The third kappa shape index (κ3) is 3.52. The number of rotatable bonds is 4. The van der Waals surface area contributed by atoms with Gasteiger partial charge in [-0.05, 0) is 68.4 Å². The molecule has 2 fully saturated rings. The predicted octanol–water partition coefficient (Wildman–Crippen LogP) is 5.87. The van der Waals surface area contributed by atoms with E-state index in [9.17, 15) is 0 Å². The summed E-state index contributed by atoms with van der Waals surface area (Å²) in [4.78, 5) is 6.96.